The summed E-state index contributed by atoms with van der Waals surface area (Å²) in [4.78, 5) is 13.4. The zero-order valence-electron chi connectivity index (χ0n) is 13.9. The molecule has 0 saturated heterocycles. The molecule has 2 aromatic heterocycles. The predicted molar refractivity (Wildman–Crippen MR) is 97.3 cm³/mol. The van der Waals surface area contributed by atoms with Crippen molar-refractivity contribution in [2.75, 3.05) is 7.11 Å². The Morgan fingerprint density at radius 3 is 2.71 bits per heavy atom. The van der Waals surface area contributed by atoms with Crippen LogP contribution >= 0.6 is 11.3 Å². The van der Waals surface area contributed by atoms with Gasteiger partial charge in [0.2, 0.25) is 0 Å². The van der Waals surface area contributed by atoms with Crippen molar-refractivity contribution in [2.45, 2.75) is 19.9 Å². The first-order chi connectivity index (χ1) is 11.6. The minimum absolute atomic E-state index is 0.0789. The van der Waals surface area contributed by atoms with Gasteiger partial charge in [-0.25, -0.2) is 0 Å². The minimum Gasteiger partial charge on any atom is -0.496 e. The molecule has 1 amide bonds. The maximum absolute atomic E-state index is 12.7. The summed E-state index contributed by atoms with van der Waals surface area (Å²) < 4.78 is 7.37. The number of nitrogens with zero attached hydrogens (tertiary/aromatic N) is 1. The highest BCUT2D eigenvalue weighted by Gasteiger charge is 2.19. The molecule has 3 aromatic rings. The molecule has 1 atom stereocenters. The number of ether oxygens (including phenoxy) is 1. The average molecular weight is 340 g/mol. The number of hydrogen-bond acceptors (Lipinski definition) is 3. The Morgan fingerprint density at radius 1 is 1.25 bits per heavy atom. The van der Waals surface area contributed by atoms with Gasteiger partial charge in [-0.2, -0.15) is 0 Å². The Balaban J connectivity index is 1.83. The molecule has 0 saturated carbocycles. The molecule has 0 aliphatic carbocycles. The van der Waals surface area contributed by atoms with Crippen LogP contribution in [-0.2, 0) is 0 Å². The van der Waals surface area contributed by atoms with Gasteiger partial charge in [-0.15, -0.1) is 11.3 Å². The van der Waals surface area contributed by atoms with E-state index in [1.807, 2.05) is 72.6 Å². The number of benzene rings is 1. The molecule has 0 bridgehead atoms. The van der Waals surface area contributed by atoms with Crippen molar-refractivity contribution in [1.29, 1.82) is 0 Å². The van der Waals surface area contributed by atoms with E-state index in [1.165, 1.54) is 11.3 Å². The van der Waals surface area contributed by atoms with Crippen LogP contribution in [0.4, 0.5) is 0 Å². The molecule has 5 heteroatoms. The minimum atomic E-state index is -0.146. The molecule has 124 valence electrons. The largest absolute Gasteiger partial charge is 0.496 e. The van der Waals surface area contributed by atoms with E-state index in [4.69, 9.17) is 4.74 Å². The van der Waals surface area contributed by atoms with Gasteiger partial charge in [-0.1, -0.05) is 17.7 Å². The molecule has 0 radical (unpaired) electrons. The molecule has 3 rings (SSSR count). The van der Waals surface area contributed by atoms with Crippen LogP contribution in [0, 0.1) is 6.92 Å². The Hall–Kier alpha value is -2.53. The van der Waals surface area contributed by atoms with Gasteiger partial charge in [0.15, 0.2) is 0 Å². The molecule has 4 nitrogen and oxygen atoms in total. The van der Waals surface area contributed by atoms with E-state index in [2.05, 4.69) is 5.32 Å². The van der Waals surface area contributed by atoms with Crippen LogP contribution in [0.25, 0.3) is 5.69 Å². The molecular formula is C19H20N2O2S. The standard InChI is InChI=1S/C19H20N2O2S/c1-13-6-7-17(23-3)15(12-13)14(2)20-19(22)18-16(8-11-24-18)21-9-4-5-10-21/h4-12,14H,1-3H3,(H,20,22). The van der Waals surface area contributed by atoms with Gasteiger partial charge in [0.25, 0.3) is 5.91 Å². The number of amides is 1. The molecular weight excluding hydrogens is 320 g/mol. The summed E-state index contributed by atoms with van der Waals surface area (Å²) >= 11 is 1.44. The van der Waals surface area contributed by atoms with E-state index < -0.39 is 0 Å². The van der Waals surface area contributed by atoms with Crippen LogP contribution in [-0.4, -0.2) is 17.6 Å². The SMILES string of the molecule is COc1ccc(C)cc1C(C)NC(=O)c1sccc1-n1cccc1. The number of hydrogen-bond donors (Lipinski definition) is 1. The van der Waals surface area contributed by atoms with Gasteiger partial charge < -0.3 is 14.6 Å². The fraction of sp³-hybridized carbons (Fsp3) is 0.211. The van der Waals surface area contributed by atoms with Crippen molar-refractivity contribution in [2.24, 2.45) is 0 Å². The third-order valence-corrected chi connectivity index (χ3v) is 4.84. The molecule has 0 aliphatic heterocycles. The maximum Gasteiger partial charge on any atom is 0.263 e. The number of aryl methyl sites for hydroxylation is 1. The molecule has 24 heavy (non-hydrogen) atoms. The Bertz CT molecular complexity index is 837. The number of nitrogens with one attached hydrogen (secondary N) is 1. The highest BCUT2D eigenvalue weighted by Crippen LogP contribution is 2.27. The van der Waals surface area contributed by atoms with E-state index in [1.54, 1.807) is 7.11 Å². The van der Waals surface area contributed by atoms with Gasteiger partial charge in [0, 0.05) is 18.0 Å². The Kier molecular flexibility index (Phi) is 4.71. The second-order valence-corrected chi connectivity index (χ2v) is 6.58. The molecule has 1 aromatic carbocycles. The number of carbonyl (C=O) groups is 1. The van der Waals surface area contributed by atoms with Gasteiger partial charge >= 0.3 is 0 Å². The van der Waals surface area contributed by atoms with Crippen molar-refractivity contribution in [3.05, 3.63) is 70.2 Å². The van der Waals surface area contributed by atoms with E-state index in [9.17, 15) is 4.79 Å². The van der Waals surface area contributed by atoms with Gasteiger partial charge in [-0.3, -0.25) is 4.79 Å². The van der Waals surface area contributed by atoms with Crippen molar-refractivity contribution in [1.82, 2.24) is 9.88 Å². The van der Waals surface area contributed by atoms with Crippen molar-refractivity contribution in [3.63, 3.8) is 0 Å². The quantitative estimate of drug-likeness (QED) is 0.750. The van der Waals surface area contributed by atoms with Crippen LogP contribution in [0.1, 0.15) is 33.8 Å². The summed E-state index contributed by atoms with van der Waals surface area (Å²) in [5, 5.41) is 5.01. The molecule has 2 heterocycles. The molecule has 0 fully saturated rings. The first-order valence-corrected chi connectivity index (χ1v) is 8.64. The number of thiophene rings is 1. The molecule has 1 N–H and O–H groups in total. The smallest absolute Gasteiger partial charge is 0.263 e. The fourth-order valence-electron chi connectivity index (χ4n) is 2.70. The van der Waals surface area contributed by atoms with E-state index in [0.29, 0.717) is 4.88 Å². The fourth-order valence-corrected chi connectivity index (χ4v) is 3.50. The van der Waals surface area contributed by atoms with Gasteiger partial charge in [-0.05, 0) is 43.5 Å². The maximum atomic E-state index is 12.7. The molecule has 0 aliphatic rings. The van der Waals surface area contributed by atoms with Crippen LogP contribution in [0.3, 0.4) is 0 Å². The summed E-state index contributed by atoms with van der Waals surface area (Å²) in [6.07, 6.45) is 3.87. The highest BCUT2D eigenvalue weighted by molar-refractivity contribution is 7.12. The summed E-state index contributed by atoms with van der Waals surface area (Å²) in [5.41, 5.74) is 3.01. The van der Waals surface area contributed by atoms with Crippen LogP contribution in [0.2, 0.25) is 0 Å². The second-order valence-electron chi connectivity index (χ2n) is 5.67. The van der Waals surface area contributed by atoms with E-state index in [0.717, 1.165) is 22.6 Å². The zero-order chi connectivity index (χ0) is 17.1. The lowest BCUT2D eigenvalue weighted by Crippen LogP contribution is -2.27. The second kappa shape index (κ2) is 6.93. The van der Waals surface area contributed by atoms with Crippen LogP contribution < -0.4 is 10.1 Å². The van der Waals surface area contributed by atoms with Crippen molar-refractivity contribution < 1.29 is 9.53 Å². The first kappa shape index (κ1) is 16.3. The highest BCUT2D eigenvalue weighted by atomic mass is 32.1. The summed E-state index contributed by atoms with van der Waals surface area (Å²) in [7, 11) is 1.64. The monoisotopic (exact) mass is 340 g/mol. The number of rotatable bonds is 5. The van der Waals surface area contributed by atoms with Crippen molar-refractivity contribution >= 4 is 17.2 Å². The van der Waals surface area contributed by atoms with Crippen LogP contribution in [0.5, 0.6) is 5.75 Å². The number of methoxy groups -OCH3 is 1. The Labute approximate surface area is 145 Å². The average Bonchev–Trinajstić information content (AvgIpc) is 3.25. The number of aromatic nitrogens is 1. The first-order valence-electron chi connectivity index (χ1n) is 7.76. The van der Waals surface area contributed by atoms with Gasteiger partial charge in [0.1, 0.15) is 10.6 Å². The van der Waals surface area contributed by atoms with Crippen molar-refractivity contribution in [3.8, 4) is 11.4 Å². The predicted octanol–water partition coefficient (Wildman–Crippen LogP) is 4.35. The summed E-state index contributed by atoms with van der Waals surface area (Å²) in [6.45, 7) is 4.00. The Morgan fingerprint density at radius 2 is 2.00 bits per heavy atom. The topological polar surface area (TPSA) is 43.3 Å². The van der Waals surface area contributed by atoms with E-state index in [-0.39, 0.29) is 11.9 Å². The lowest BCUT2D eigenvalue weighted by molar-refractivity contribution is 0.0943. The summed E-state index contributed by atoms with van der Waals surface area (Å²) in [5.74, 6) is 0.704. The summed E-state index contributed by atoms with van der Waals surface area (Å²) in [6, 6.07) is 11.7. The lowest BCUT2D eigenvalue weighted by atomic mass is 10.0. The third-order valence-electron chi connectivity index (χ3n) is 3.93. The van der Waals surface area contributed by atoms with Crippen LogP contribution in [0.15, 0.2) is 54.2 Å². The lowest BCUT2D eigenvalue weighted by Gasteiger charge is -2.18. The van der Waals surface area contributed by atoms with Gasteiger partial charge in [0.05, 0.1) is 18.8 Å². The van der Waals surface area contributed by atoms with E-state index >= 15 is 0 Å². The number of carbonyl (C=O) groups excluding carboxylic acids is 1. The zero-order valence-corrected chi connectivity index (χ0v) is 14.8. The normalized spacial score (nSPS) is 12.0. The molecule has 1 unspecified atom stereocenters. The molecule has 0 spiro atoms. The third kappa shape index (κ3) is 3.21.